The molecule has 78 valence electrons. The van der Waals surface area contributed by atoms with Gasteiger partial charge in [0.05, 0.1) is 11.5 Å². The second-order valence-corrected chi connectivity index (χ2v) is 5.42. The molecule has 0 aromatic heterocycles. The summed E-state index contributed by atoms with van der Waals surface area (Å²) in [5.41, 5.74) is 0. The van der Waals surface area contributed by atoms with Crippen molar-refractivity contribution in [3.63, 3.8) is 0 Å². The fourth-order valence-corrected chi connectivity index (χ4v) is 1.71. The van der Waals surface area contributed by atoms with Gasteiger partial charge in [0.1, 0.15) is 0 Å². The number of hydrogen-bond acceptors (Lipinski definition) is 4. The van der Waals surface area contributed by atoms with Crippen LogP contribution in [-0.2, 0) is 20.2 Å². The van der Waals surface area contributed by atoms with Crippen LogP contribution in [0.3, 0.4) is 0 Å². The molecule has 2 N–H and O–H groups in total. The molecule has 13 heavy (non-hydrogen) atoms. The van der Waals surface area contributed by atoms with Crippen LogP contribution in [0, 0.1) is 0 Å². The zero-order chi connectivity index (χ0) is 9.83. The van der Waals surface area contributed by atoms with Crippen molar-refractivity contribution in [1.29, 1.82) is 0 Å². The second-order valence-electron chi connectivity index (χ2n) is 2.28. The van der Waals surface area contributed by atoms with Crippen LogP contribution in [0.5, 0.6) is 0 Å². The van der Waals surface area contributed by atoms with Crippen molar-refractivity contribution < 1.29 is 28.8 Å². The predicted molar refractivity (Wildman–Crippen MR) is 50.0 cm³/mol. The first-order valence-corrected chi connectivity index (χ1v) is 6.33. The van der Waals surface area contributed by atoms with E-state index in [9.17, 15) is 16.8 Å². The van der Waals surface area contributed by atoms with Crippen LogP contribution in [0.15, 0.2) is 0 Å². The molecule has 0 aliphatic rings. The van der Waals surface area contributed by atoms with Crippen molar-refractivity contribution >= 4 is 65.7 Å². The van der Waals surface area contributed by atoms with E-state index in [2.05, 4.69) is 0 Å². The second kappa shape index (κ2) is 6.72. The first-order valence-electron chi connectivity index (χ1n) is 3.11. The van der Waals surface area contributed by atoms with Gasteiger partial charge in [0.2, 0.25) is 0 Å². The van der Waals surface area contributed by atoms with Crippen molar-refractivity contribution in [3.8, 4) is 0 Å². The largest absolute Gasteiger partial charge is 2.00 e. The van der Waals surface area contributed by atoms with Crippen LogP contribution < -0.4 is 0 Å². The normalized spacial score (nSPS) is 12.2. The molecule has 0 aromatic carbocycles. The number of hydrogen-bond donors (Lipinski definition) is 2. The van der Waals surface area contributed by atoms with Crippen LogP contribution in [0.1, 0.15) is 15.7 Å². The van der Waals surface area contributed by atoms with Crippen molar-refractivity contribution in [2.24, 2.45) is 0 Å². The van der Waals surface area contributed by atoms with Gasteiger partial charge in [0.25, 0.3) is 20.2 Å². The SMILES string of the molecule is O=S(=O)(O)CCCCS(=O)(=O)O.[H-].[H-].[Sr+2]. The van der Waals surface area contributed by atoms with Gasteiger partial charge in [-0.2, -0.15) is 16.8 Å². The van der Waals surface area contributed by atoms with Gasteiger partial charge in [0, 0.05) is 0 Å². The average Bonchev–Trinajstić information content (AvgIpc) is 1.76. The Kier molecular flexibility index (Phi) is 8.65. The zero-order valence-corrected chi connectivity index (χ0v) is 12.0. The summed E-state index contributed by atoms with van der Waals surface area (Å²) in [5, 5.41) is 0. The monoisotopic (exact) mass is 308 g/mol. The van der Waals surface area contributed by atoms with Gasteiger partial charge in [-0.25, -0.2) is 0 Å². The van der Waals surface area contributed by atoms with E-state index in [4.69, 9.17) is 9.11 Å². The summed E-state index contributed by atoms with van der Waals surface area (Å²) in [6, 6.07) is 0. The maximum Gasteiger partial charge on any atom is 2.00 e. The first-order chi connectivity index (χ1) is 5.21. The van der Waals surface area contributed by atoms with Crippen molar-refractivity contribution in [2.45, 2.75) is 12.8 Å². The van der Waals surface area contributed by atoms with E-state index in [-0.39, 0.29) is 61.2 Å². The van der Waals surface area contributed by atoms with E-state index in [1.54, 1.807) is 0 Å². The van der Waals surface area contributed by atoms with Crippen molar-refractivity contribution in [3.05, 3.63) is 0 Å². The summed E-state index contributed by atoms with van der Waals surface area (Å²) in [6.07, 6.45) is 0.0250. The summed E-state index contributed by atoms with van der Waals surface area (Å²) in [6.45, 7) is 0. The topological polar surface area (TPSA) is 109 Å². The third-order valence-corrected chi connectivity index (χ3v) is 2.66. The summed E-state index contributed by atoms with van der Waals surface area (Å²) in [4.78, 5) is 0. The predicted octanol–water partition coefficient (Wildman–Crippen LogP) is -0.614. The number of unbranched alkanes of at least 4 members (excludes halogenated alkanes) is 1. The maximum atomic E-state index is 10.1. The maximum absolute atomic E-state index is 10.1. The van der Waals surface area contributed by atoms with Crippen LogP contribution in [0.2, 0.25) is 0 Å². The molecule has 0 rings (SSSR count). The van der Waals surface area contributed by atoms with E-state index in [1.807, 2.05) is 0 Å². The molecular weight excluding hydrogens is 296 g/mol. The standard InChI is InChI=1S/C4H10O6S2.Sr.2H/c5-11(6,7)3-1-2-4-12(8,9)10;;;/h1-4H2,(H,5,6,7)(H,8,9,10);;;/q;+2;2*-1. The fraction of sp³-hybridized carbons (Fsp3) is 1.00. The minimum atomic E-state index is -4.02. The molecule has 0 bridgehead atoms. The van der Waals surface area contributed by atoms with Crippen molar-refractivity contribution in [1.82, 2.24) is 0 Å². The molecule has 0 aliphatic carbocycles. The molecule has 0 atom stereocenters. The minimum Gasteiger partial charge on any atom is -1.00 e. The molecule has 0 radical (unpaired) electrons. The van der Waals surface area contributed by atoms with Gasteiger partial charge in [0.15, 0.2) is 0 Å². The van der Waals surface area contributed by atoms with Gasteiger partial charge >= 0.3 is 45.5 Å². The molecule has 0 aliphatic heterocycles. The molecule has 0 heterocycles. The van der Waals surface area contributed by atoms with E-state index < -0.39 is 31.7 Å². The molecule has 0 saturated heterocycles. The quantitative estimate of drug-likeness (QED) is 0.398. The molecule has 0 saturated carbocycles. The molecular formula is C4H12O6S2Sr. The Morgan fingerprint density at radius 2 is 1.08 bits per heavy atom. The Bertz CT molecular complexity index is 291. The summed E-state index contributed by atoms with van der Waals surface area (Å²) in [7, 11) is -8.04. The first kappa shape index (κ1) is 16.7. The van der Waals surface area contributed by atoms with Crippen LogP contribution in [0.25, 0.3) is 0 Å². The van der Waals surface area contributed by atoms with Crippen LogP contribution in [-0.4, -0.2) is 82.9 Å². The van der Waals surface area contributed by atoms with Crippen LogP contribution >= 0.6 is 0 Å². The van der Waals surface area contributed by atoms with Gasteiger partial charge < -0.3 is 2.85 Å². The third-order valence-electron chi connectivity index (χ3n) is 1.05. The molecule has 0 amide bonds. The summed E-state index contributed by atoms with van der Waals surface area (Å²) in [5.74, 6) is -0.967. The Morgan fingerprint density at radius 3 is 1.23 bits per heavy atom. The molecule has 0 fully saturated rings. The van der Waals surface area contributed by atoms with E-state index in [0.717, 1.165) is 0 Å². The van der Waals surface area contributed by atoms with Gasteiger partial charge in [-0.1, -0.05) is 0 Å². The Balaban J connectivity index is -0.000000202. The molecule has 6 nitrogen and oxygen atoms in total. The molecule has 0 aromatic rings. The smallest absolute Gasteiger partial charge is 1.00 e. The molecule has 0 spiro atoms. The van der Waals surface area contributed by atoms with E-state index in [0.29, 0.717) is 0 Å². The molecule has 9 heteroatoms. The van der Waals surface area contributed by atoms with Gasteiger partial charge in [-0.05, 0) is 12.8 Å². The van der Waals surface area contributed by atoms with Crippen molar-refractivity contribution in [2.75, 3.05) is 11.5 Å². The third kappa shape index (κ3) is 16.0. The summed E-state index contributed by atoms with van der Waals surface area (Å²) < 4.78 is 56.8. The Morgan fingerprint density at radius 1 is 0.846 bits per heavy atom. The summed E-state index contributed by atoms with van der Waals surface area (Å²) >= 11 is 0. The Hall–Kier alpha value is 1.30. The zero-order valence-electron chi connectivity index (χ0n) is 8.88. The van der Waals surface area contributed by atoms with Crippen LogP contribution in [0.4, 0.5) is 0 Å². The molecule has 0 unspecified atom stereocenters. The van der Waals surface area contributed by atoms with Gasteiger partial charge in [-0.15, -0.1) is 0 Å². The average molecular weight is 308 g/mol. The minimum absolute atomic E-state index is 0. The Labute approximate surface area is 117 Å². The van der Waals surface area contributed by atoms with E-state index >= 15 is 0 Å². The number of rotatable bonds is 5. The van der Waals surface area contributed by atoms with E-state index in [1.165, 1.54) is 0 Å². The van der Waals surface area contributed by atoms with Gasteiger partial charge in [-0.3, -0.25) is 9.11 Å². The fourth-order valence-electron chi connectivity index (χ4n) is 0.569.